The molecular weight excluding hydrogens is 412 g/mol. The molecule has 0 radical (unpaired) electrons. The molecule has 1 fully saturated rings. The summed E-state index contributed by atoms with van der Waals surface area (Å²) in [5, 5.41) is 6.21. The summed E-state index contributed by atoms with van der Waals surface area (Å²) in [6, 6.07) is 11.7. The highest BCUT2D eigenvalue weighted by Gasteiger charge is 2.23. The number of nitrogens with zero attached hydrogens (tertiary/aromatic N) is 6. The minimum Gasteiger partial charge on any atom is -0.336 e. The second-order valence-corrected chi connectivity index (χ2v) is 8.49. The molecule has 5 rings (SSSR count). The Bertz CT molecular complexity index is 1250. The number of carbonyl (C=O) groups excluding carboxylic acids is 1. The van der Waals surface area contributed by atoms with Crippen molar-refractivity contribution >= 4 is 22.2 Å². The monoisotopic (exact) mass is 434 g/mol. The molecule has 1 aliphatic heterocycles. The van der Waals surface area contributed by atoms with Crippen LogP contribution in [0.5, 0.6) is 0 Å². The third-order valence-corrected chi connectivity index (χ3v) is 6.23. The average Bonchev–Trinajstić information content (AvgIpc) is 3.44. The maximum absolute atomic E-state index is 12.9. The first kappa shape index (κ1) is 19.7. The van der Waals surface area contributed by atoms with E-state index in [1.807, 2.05) is 46.8 Å². The zero-order valence-corrected chi connectivity index (χ0v) is 17.7. The predicted octanol–water partition coefficient (Wildman–Crippen LogP) is 1.96. The van der Waals surface area contributed by atoms with E-state index in [-0.39, 0.29) is 11.5 Å². The summed E-state index contributed by atoms with van der Waals surface area (Å²) >= 11 is 1.45. The van der Waals surface area contributed by atoms with Gasteiger partial charge in [-0.3, -0.25) is 23.6 Å². The lowest BCUT2D eigenvalue weighted by molar-refractivity contribution is 0.0627. The normalized spacial score (nSPS) is 14.9. The van der Waals surface area contributed by atoms with Crippen LogP contribution in [0.3, 0.4) is 0 Å². The lowest BCUT2D eigenvalue weighted by atomic mass is 10.2. The van der Waals surface area contributed by atoms with Crippen LogP contribution in [-0.2, 0) is 13.1 Å². The van der Waals surface area contributed by atoms with E-state index in [9.17, 15) is 9.59 Å². The molecule has 0 unspecified atom stereocenters. The van der Waals surface area contributed by atoms with Crippen molar-refractivity contribution < 1.29 is 4.79 Å². The van der Waals surface area contributed by atoms with E-state index >= 15 is 0 Å². The molecule has 31 heavy (non-hydrogen) atoms. The van der Waals surface area contributed by atoms with Gasteiger partial charge in [0.05, 0.1) is 24.0 Å². The van der Waals surface area contributed by atoms with Gasteiger partial charge in [-0.2, -0.15) is 5.10 Å². The zero-order valence-electron chi connectivity index (χ0n) is 16.9. The fourth-order valence-electron chi connectivity index (χ4n) is 3.82. The Morgan fingerprint density at radius 3 is 2.68 bits per heavy atom. The van der Waals surface area contributed by atoms with Crippen LogP contribution < -0.4 is 5.56 Å². The van der Waals surface area contributed by atoms with E-state index < -0.39 is 0 Å². The fourth-order valence-corrected chi connectivity index (χ4v) is 4.56. The number of hydrogen-bond donors (Lipinski definition) is 0. The third-order valence-electron chi connectivity index (χ3n) is 5.47. The molecule has 9 heteroatoms. The van der Waals surface area contributed by atoms with E-state index in [1.54, 1.807) is 27.5 Å². The third kappa shape index (κ3) is 4.28. The van der Waals surface area contributed by atoms with Gasteiger partial charge in [0.15, 0.2) is 4.96 Å². The Kier molecular flexibility index (Phi) is 5.35. The van der Waals surface area contributed by atoms with Crippen molar-refractivity contribution in [1.29, 1.82) is 0 Å². The number of piperazine rings is 1. The molecule has 0 atom stereocenters. The summed E-state index contributed by atoms with van der Waals surface area (Å²) in [6.45, 7) is 4.03. The van der Waals surface area contributed by atoms with Crippen LogP contribution >= 0.6 is 11.3 Å². The van der Waals surface area contributed by atoms with Gasteiger partial charge in [-0.25, -0.2) is 4.98 Å². The van der Waals surface area contributed by atoms with E-state index in [0.717, 1.165) is 24.3 Å². The smallest absolute Gasteiger partial charge is 0.258 e. The van der Waals surface area contributed by atoms with Crippen LogP contribution in [0.25, 0.3) is 4.96 Å². The van der Waals surface area contributed by atoms with E-state index in [2.05, 4.69) is 15.0 Å². The molecule has 1 saturated heterocycles. The molecule has 4 heterocycles. The minimum absolute atomic E-state index is 0.00957. The predicted molar refractivity (Wildman–Crippen MR) is 118 cm³/mol. The van der Waals surface area contributed by atoms with Crippen molar-refractivity contribution in [3.05, 3.63) is 87.5 Å². The molecule has 0 aliphatic carbocycles. The Morgan fingerprint density at radius 1 is 1.06 bits per heavy atom. The lowest BCUT2D eigenvalue weighted by Crippen LogP contribution is -2.48. The largest absolute Gasteiger partial charge is 0.336 e. The van der Waals surface area contributed by atoms with Crippen LogP contribution in [0.4, 0.5) is 0 Å². The molecule has 0 saturated carbocycles. The molecule has 1 aromatic carbocycles. The molecule has 4 aromatic rings. The van der Waals surface area contributed by atoms with Gasteiger partial charge in [0, 0.05) is 56.6 Å². The summed E-state index contributed by atoms with van der Waals surface area (Å²) in [7, 11) is 0. The van der Waals surface area contributed by atoms with Gasteiger partial charge in [-0.1, -0.05) is 30.3 Å². The number of carbonyl (C=O) groups is 1. The van der Waals surface area contributed by atoms with E-state index in [4.69, 9.17) is 0 Å². The van der Waals surface area contributed by atoms with Crippen molar-refractivity contribution in [2.45, 2.75) is 13.1 Å². The van der Waals surface area contributed by atoms with Crippen molar-refractivity contribution in [2.24, 2.45) is 0 Å². The number of benzene rings is 1. The maximum Gasteiger partial charge on any atom is 0.258 e. The molecule has 1 aliphatic rings. The lowest BCUT2D eigenvalue weighted by Gasteiger charge is -2.34. The van der Waals surface area contributed by atoms with Crippen LogP contribution in [0.2, 0.25) is 0 Å². The Morgan fingerprint density at radius 2 is 1.87 bits per heavy atom. The summed E-state index contributed by atoms with van der Waals surface area (Å²) in [4.78, 5) is 34.4. The Balaban J connectivity index is 1.18. The highest BCUT2D eigenvalue weighted by molar-refractivity contribution is 7.15. The Labute approximate surface area is 183 Å². The van der Waals surface area contributed by atoms with Crippen molar-refractivity contribution in [3.63, 3.8) is 0 Å². The zero-order chi connectivity index (χ0) is 21.2. The van der Waals surface area contributed by atoms with Gasteiger partial charge in [-0.05, 0) is 5.56 Å². The van der Waals surface area contributed by atoms with Gasteiger partial charge in [-0.15, -0.1) is 11.3 Å². The number of rotatable bonds is 5. The number of aromatic nitrogens is 4. The number of amides is 1. The number of hydrogen-bond acceptors (Lipinski definition) is 6. The minimum atomic E-state index is -0.0532. The maximum atomic E-state index is 12.9. The van der Waals surface area contributed by atoms with Crippen molar-refractivity contribution in [1.82, 2.24) is 29.0 Å². The number of thiazole rings is 1. The standard InChI is InChI=1S/C22H22N6O2S/c29-20-12-19(24-22-28(20)10-11-31-22)16-25-6-8-26(9-7-25)21(30)18-13-23-27(15-18)14-17-4-2-1-3-5-17/h1-5,10-13,15H,6-9,14,16H2. The van der Waals surface area contributed by atoms with Gasteiger partial charge < -0.3 is 4.90 Å². The summed E-state index contributed by atoms with van der Waals surface area (Å²) in [5.74, 6) is 0.00957. The van der Waals surface area contributed by atoms with Crippen LogP contribution in [-0.4, -0.2) is 61.1 Å². The van der Waals surface area contributed by atoms with Crippen molar-refractivity contribution in [3.8, 4) is 0 Å². The molecule has 1 amide bonds. The summed E-state index contributed by atoms with van der Waals surface area (Å²) in [6.07, 6.45) is 5.20. The van der Waals surface area contributed by atoms with Crippen LogP contribution in [0, 0.1) is 0 Å². The van der Waals surface area contributed by atoms with Gasteiger partial charge >= 0.3 is 0 Å². The first-order valence-corrected chi connectivity index (χ1v) is 11.1. The molecule has 3 aromatic heterocycles. The Hall–Kier alpha value is -3.30. The highest BCUT2D eigenvalue weighted by atomic mass is 32.1. The molecule has 158 valence electrons. The van der Waals surface area contributed by atoms with Crippen LogP contribution in [0.15, 0.2) is 65.2 Å². The van der Waals surface area contributed by atoms with Gasteiger partial charge in [0.2, 0.25) is 0 Å². The topological polar surface area (TPSA) is 75.7 Å². The second-order valence-electron chi connectivity index (χ2n) is 7.62. The first-order valence-electron chi connectivity index (χ1n) is 10.2. The summed E-state index contributed by atoms with van der Waals surface area (Å²) < 4.78 is 3.35. The van der Waals surface area contributed by atoms with E-state index in [0.29, 0.717) is 36.7 Å². The molecule has 8 nitrogen and oxygen atoms in total. The molecule has 0 spiro atoms. The van der Waals surface area contributed by atoms with Crippen LogP contribution in [0.1, 0.15) is 21.6 Å². The van der Waals surface area contributed by atoms with Gasteiger partial charge in [0.25, 0.3) is 11.5 Å². The number of fused-ring (bicyclic) bond motifs is 1. The summed E-state index contributed by atoms with van der Waals surface area (Å²) in [5.41, 5.74) is 2.48. The first-order chi connectivity index (χ1) is 15.2. The molecule has 0 N–H and O–H groups in total. The van der Waals surface area contributed by atoms with E-state index in [1.165, 1.54) is 11.3 Å². The highest BCUT2D eigenvalue weighted by Crippen LogP contribution is 2.13. The molecular formula is C22H22N6O2S. The average molecular weight is 435 g/mol. The molecule has 0 bridgehead atoms. The van der Waals surface area contributed by atoms with Gasteiger partial charge in [0.1, 0.15) is 0 Å². The second kappa shape index (κ2) is 8.44. The fraction of sp³-hybridized carbons (Fsp3) is 0.273. The SMILES string of the molecule is O=C(c1cnn(Cc2ccccc2)c1)N1CCN(Cc2cc(=O)n3ccsc3n2)CC1. The van der Waals surface area contributed by atoms with Crippen molar-refractivity contribution in [2.75, 3.05) is 26.2 Å². The quantitative estimate of drug-likeness (QED) is 0.480.